The third kappa shape index (κ3) is 3.34. The first-order chi connectivity index (χ1) is 10.5. The van der Waals surface area contributed by atoms with Crippen molar-refractivity contribution in [1.82, 2.24) is 4.90 Å². The van der Waals surface area contributed by atoms with Crippen LogP contribution in [0.25, 0.3) is 0 Å². The molecule has 132 valence electrons. The third-order valence-corrected chi connectivity index (χ3v) is 4.25. The van der Waals surface area contributed by atoms with E-state index >= 15 is 4.39 Å². The highest BCUT2D eigenvalue weighted by Crippen LogP contribution is 2.33. The van der Waals surface area contributed by atoms with Crippen LogP contribution in [-0.4, -0.2) is 64.9 Å². The number of halogens is 1. The van der Waals surface area contributed by atoms with Crippen molar-refractivity contribution in [2.45, 2.75) is 64.3 Å². The van der Waals surface area contributed by atoms with Gasteiger partial charge in [0.05, 0.1) is 12.6 Å². The molecule has 7 nitrogen and oxygen atoms in total. The average molecular weight is 333 g/mol. The topological polar surface area (TPSA) is 85.3 Å². The maximum atomic E-state index is 15.1. The molecule has 4 atom stereocenters. The van der Waals surface area contributed by atoms with Crippen molar-refractivity contribution in [2.75, 3.05) is 13.2 Å². The number of nitrogens with zero attached hydrogens (tertiary/aromatic N) is 1. The quantitative estimate of drug-likeness (QED) is 0.833. The van der Waals surface area contributed by atoms with Crippen molar-refractivity contribution in [3.05, 3.63) is 0 Å². The Morgan fingerprint density at radius 1 is 1.43 bits per heavy atom. The Morgan fingerprint density at radius 3 is 2.52 bits per heavy atom. The van der Waals surface area contributed by atoms with Gasteiger partial charge in [-0.05, 0) is 26.7 Å². The molecule has 2 rings (SSSR count). The van der Waals surface area contributed by atoms with Crippen molar-refractivity contribution < 1.29 is 33.3 Å². The molecule has 0 aromatic rings. The van der Waals surface area contributed by atoms with Crippen LogP contribution in [0.4, 0.5) is 9.18 Å². The maximum absolute atomic E-state index is 15.1. The second-order valence-corrected chi connectivity index (χ2v) is 6.95. The Hall–Kier alpha value is -1.25. The zero-order valence-corrected chi connectivity index (χ0v) is 14.0. The van der Waals surface area contributed by atoms with Crippen LogP contribution >= 0.6 is 0 Å². The largest absolute Gasteiger partial charge is 0.447 e. The van der Waals surface area contributed by atoms with E-state index in [-0.39, 0.29) is 19.1 Å². The van der Waals surface area contributed by atoms with E-state index in [9.17, 15) is 14.7 Å². The molecule has 2 amide bonds. The number of hydrogen-bond donors (Lipinski definition) is 1. The molecular weight excluding hydrogens is 309 g/mol. The standard InChI is InChI=1S/C15H24FNO6/c1-8(2)9-6-21-13(20)17(9)12(19)15(5,16)11(18)10-7-22-14(3,4)23-10/h8-11,18H,6-7H2,1-5H3/t9?,10?,11-,15-/m1/s1. The number of alkyl halides is 1. The predicted molar refractivity (Wildman–Crippen MR) is 77.2 cm³/mol. The molecule has 0 bridgehead atoms. The smallest absolute Gasteiger partial charge is 0.417 e. The Balaban J connectivity index is 2.17. The fourth-order valence-corrected chi connectivity index (χ4v) is 2.74. The van der Waals surface area contributed by atoms with Crippen molar-refractivity contribution in [1.29, 1.82) is 0 Å². The molecule has 0 aliphatic carbocycles. The second kappa shape index (κ2) is 5.99. The maximum Gasteiger partial charge on any atom is 0.417 e. The highest BCUT2D eigenvalue weighted by molar-refractivity contribution is 5.98. The number of aliphatic hydroxyl groups excluding tert-OH is 1. The fraction of sp³-hybridized carbons (Fsp3) is 0.867. The summed E-state index contributed by atoms with van der Waals surface area (Å²) in [6, 6.07) is -0.561. The van der Waals surface area contributed by atoms with Gasteiger partial charge in [0.15, 0.2) is 5.79 Å². The number of cyclic esters (lactones) is 1. The molecule has 2 fully saturated rings. The first-order valence-electron chi connectivity index (χ1n) is 7.66. The number of carbonyl (C=O) groups is 2. The molecule has 23 heavy (non-hydrogen) atoms. The Morgan fingerprint density at radius 2 is 2.04 bits per heavy atom. The summed E-state index contributed by atoms with van der Waals surface area (Å²) in [7, 11) is 0. The molecule has 2 unspecified atom stereocenters. The molecular formula is C15H24FNO6. The molecule has 2 heterocycles. The first-order valence-corrected chi connectivity index (χ1v) is 7.66. The number of carbonyl (C=O) groups excluding carboxylic acids is 2. The highest BCUT2D eigenvalue weighted by atomic mass is 19.1. The Bertz CT molecular complexity index is 492. The van der Waals surface area contributed by atoms with Gasteiger partial charge in [-0.25, -0.2) is 14.1 Å². The molecule has 0 aromatic heterocycles. The first kappa shape index (κ1) is 18.1. The van der Waals surface area contributed by atoms with Crippen molar-refractivity contribution in [2.24, 2.45) is 5.92 Å². The summed E-state index contributed by atoms with van der Waals surface area (Å²) in [6.07, 6.45) is -3.66. The van der Waals surface area contributed by atoms with Crippen molar-refractivity contribution >= 4 is 12.0 Å². The molecule has 1 N–H and O–H groups in total. The lowest BCUT2D eigenvalue weighted by Gasteiger charge is -2.33. The number of ether oxygens (including phenoxy) is 3. The lowest BCUT2D eigenvalue weighted by Crippen LogP contribution is -2.58. The number of aliphatic hydroxyl groups is 1. The van der Waals surface area contributed by atoms with Crippen LogP contribution in [0.5, 0.6) is 0 Å². The zero-order valence-electron chi connectivity index (χ0n) is 14.0. The number of hydrogen-bond acceptors (Lipinski definition) is 6. The van der Waals surface area contributed by atoms with Gasteiger partial charge in [-0.15, -0.1) is 0 Å². The van der Waals surface area contributed by atoms with E-state index in [1.165, 1.54) is 0 Å². The van der Waals surface area contributed by atoms with E-state index in [1.807, 2.05) is 0 Å². The van der Waals surface area contributed by atoms with Crippen molar-refractivity contribution in [3.63, 3.8) is 0 Å². The summed E-state index contributed by atoms with van der Waals surface area (Å²) in [5.41, 5.74) is -2.70. The highest BCUT2D eigenvalue weighted by Gasteiger charge is 2.54. The summed E-state index contributed by atoms with van der Waals surface area (Å²) in [5, 5.41) is 10.3. The van der Waals surface area contributed by atoms with Gasteiger partial charge in [-0.3, -0.25) is 4.79 Å². The van der Waals surface area contributed by atoms with Crippen LogP contribution in [0, 0.1) is 5.92 Å². The molecule has 0 spiro atoms. The minimum atomic E-state index is -2.70. The van der Waals surface area contributed by atoms with E-state index in [0.717, 1.165) is 11.8 Å². The summed E-state index contributed by atoms with van der Waals surface area (Å²) in [5.74, 6) is -2.18. The van der Waals surface area contributed by atoms with Crippen molar-refractivity contribution in [3.8, 4) is 0 Å². The van der Waals surface area contributed by atoms with E-state index in [1.54, 1.807) is 27.7 Å². The SMILES string of the molecule is CC(C)C1COC(=O)N1C(=O)[C@](C)(F)[C@H](O)C1COC(C)(C)O1. The molecule has 8 heteroatoms. The Kier molecular flexibility index (Phi) is 4.71. The molecule has 2 aliphatic heterocycles. The Labute approximate surface area is 134 Å². The number of imide groups is 1. The van der Waals surface area contributed by atoms with Crippen LogP contribution in [0.1, 0.15) is 34.6 Å². The minimum absolute atomic E-state index is 0.0183. The molecule has 0 saturated carbocycles. The molecule has 2 aliphatic rings. The lowest BCUT2D eigenvalue weighted by atomic mass is 9.93. The van der Waals surface area contributed by atoms with Crippen LogP contribution in [-0.2, 0) is 19.0 Å². The number of rotatable bonds is 4. The van der Waals surface area contributed by atoms with Gasteiger partial charge in [-0.2, -0.15) is 0 Å². The van der Waals surface area contributed by atoms with Crippen LogP contribution in [0.15, 0.2) is 0 Å². The summed E-state index contributed by atoms with van der Waals surface area (Å²) >= 11 is 0. The summed E-state index contributed by atoms with van der Waals surface area (Å²) in [6.45, 7) is 7.78. The van der Waals surface area contributed by atoms with E-state index in [2.05, 4.69) is 0 Å². The molecule has 0 aromatic carbocycles. The monoisotopic (exact) mass is 333 g/mol. The van der Waals surface area contributed by atoms with Gasteiger partial charge in [0.2, 0.25) is 5.67 Å². The van der Waals surface area contributed by atoms with E-state index in [4.69, 9.17) is 14.2 Å². The van der Waals surface area contributed by atoms with Gasteiger partial charge in [0.1, 0.15) is 18.8 Å². The zero-order chi connectivity index (χ0) is 17.6. The normalized spacial score (nSPS) is 31.1. The third-order valence-electron chi connectivity index (χ3n) is 4.25. The van der Waals surface area contributed by atoms with Crippen LogP contribution < -0.4 is 0 Å². The van der Waals surface area contributed by atoms with Gasteiger partial charge >= 0.3 is 6.09 Å². The summed E-state index contributed by atoms with van der Waals surface area (Å²) in [4.78, 5) is 25.1. The molecule has 0 radical (unpaired) electrons. The predicted octanol–water partition coefficient (Wildman–Crippen LogP) is 1.23. The van der Waals surface area contributed by atoms with Gasteiger partial charge in [0, 0.05) is 0 Å². The number of amides is 2. The minimum Gasteiger partial charge on any atom is -0.447 e. The summed E-state index contributed by atoms with van der Waals surface area (Å²) < 4.78 is 30.6. The molecule has 2 saturated heterocycles. The fourth-order valence-electron chi connectivity index (χ4n) is 2.74. The van der Waals surface area contributed by atoms with Gasteiger partial charge in [-0.1, -0.05) is 13.8 Å². The average Bonchev–Trinajstić information content (AvgIpc) is 2.99. The van der Waals surface area contributed by atoms with E-state index < -0.39 is 41.7 Å². The van der Waals surface area contributed by atoms with Gasteiger partial charge < -0.3 is 19.3 Å². The van der Waals surface area contributed by atoms with Crippen LogP contribution in [0.3, 0.4) is 0 Å². The van der Waals surface area contributed by atoms with E-state index in [0.29, 0.717) is 0 Å². The lowest BCUT2D eigenvalue weighted by molar-refractivity contribution is -0.174. The van der Waals surface area contributed by atoms with Crippen LogP contribution in [0.2, 0.25) is 0 Å². The second-order valence-electron chi connectivity index (χ2n) is 6.95. The van der Waals surface area contributed by atoms with Gasteiger partial charge in [0.25, 0.3) is 5.91 Å².